The number of carbonyl (C=O) groups excluding carboxylic acids is 1. The summed E-state index contributed by atoms with van der Waals surface area (Å²) in [5, 5.41) is 16.8. The summed E-state index contributed by atoms with van der Waals surface area (Å²) < 4.78 is 3.85. The van der Waals surface area contributed by atoms with E-state index >= 15 is 0 Å². The predicted octanol–water partition coefficient (Wildman–Crippen LogP) is 3.73. The lowest BCUT2D eigenvalue weighted by molar-refractivity contribution is -0.115. The Morgan fingerprint density at radius 2 is 1.81 bits per heavy atom. The number of nitrogens with one attached hydrogen (secondary N) is 1. The van der Waals surface area contributed by atoms with Gasteiger partial charge in [-0.2, -0.15) is 5.10 Å². The maximum atomic E-state index is 12.9. The topological polar surface area (TPSA) is 80.9 Å². The number of carbonyl (C=O) groups is 1. The first-order chi connectivity index (χ1) is 15.0. The van der Waals surface area contributed by atoms with Gasteiger partial charge >= 0.3 is 0 Å². The number of aryl methyl sites for hydroxylation is 2. The van der Waals surface area contributed by atoms with Gasteiger partial charge in [0.1, 0.15) is 0 Å². The van der Waals surface area contributed by atoms with E-state index in [0.29, 0.717) is 5.16 Å². The third kappa shape index (κ3) is 4.46. The van der Waals surface area contributed by atoms with Gasteiger partial charge in [0.25, 0.3) is 0 Å². The number of anilines is 2. The number of hydrogen-bond donors (Lipinski definition) is 1. The van der Waals surface area contributed by atoms with Crippen LogP contribution in [-0.4, -0.2) is 48.8 Å². The molecule has 8 nitrogen and oxygen atoms in total. The first kappa shape index (κ1) is 21.4. The summed E-state index contributed by atoms with van der Waals surface area (Å²) in [5.74, 6) is 0.770. The fourth-order valence-electron chi connectivity index (χ4n) is 3.83. The van der Waals surface area contributed by atoms with E-state index in [4.69, 9.17) is 0 Å². The van der Waals surface area contributed by atoms with Gasteiger partial charge in [0, 0.05) is 20.1 Å². The van der Waals surface area contributed by atoms with E-state index in [2.05, 4.69) is 30.1 Å². The van der Waals surface area contributed by atoms with Crippen molar-refractivity contribution in [2.45, 2.75) is 50.4 Å². The molecular formula is C22H29N7OS. The average Bonchev–Trinajstić information content (AvgIpc) is 3.30. The fourth-order valence-corrected chi connectivity index (χ4v) is 4.69. The number of rotatable bonds is 6. The van der Waals surface area contributed by atoms with Crippen LogP contribution >= 0.6 is 11.8 Å². The van der Waals surface area contributed by atoms with Gasteiger partial charge in [0.2, 0.25) is 11.9 Å². The van der Waals surface area contributed by atoms with Crippen LogP contribution in [0.4, 0.5) is 11.6 Å². The van der Waals surface area contributed by atoms with E-state index in [9.17, 15) is 4.79 Å². The van der Waals surface area contributed by atoms with Gasteiger partial charge in [0.05, 0.1) is 28.0 Å². The molecule has 3 aromatic rings. The molecule has 1 N–H and O–H groups in total. The minimum atomic E-state index is -0.347. The highest BCUT2D eigenvalue weighted by molar-refractivity contribution is 8.00. The Morgan fingerprint density at radius 3 is 2.45 bits per heavy atom. The zero-order chi connectivity index (χ0) is 22.0. The van der Waals surface area contributed by atoms with Crippen molar-refractivity contribution in [1.29, 1.82) is 0 Å². The lowest BCUT2D eigenvalue weighted by atomic mass is 10.1. The molecule has 3 heterocycles. The Balaban J connectivity index is 1.58. The third-order valence-corrected chi connectivity index (χ3v) is 6.72. The Bertz CT molecular complexity index is 1050. The molecule has 1 aliphatic rings. The van der Waals surface area contributed by atoms with Crippen LogP contribution < -0.4 is 10.2 Å². The van der Waals surface area contributed by atoms with Crippen LogP contribution in [0.3, 0.4) is 0 Å². The van der Waals surface area contributed by atoms with Gasteiger partial charge in [-0.15, -0.1) is 10.2 Å². The molecule has 1 aromatic carbocycles. The molecule has 9 heteroatoms. The molecule has 1 amide bonds. The first-order valence-corrected chi connectivity index (χ1v) is 11.6. The molecule has 1 atom stereocenters. The molecule has 1 unspecified atom stereocenters. The molecule has 1 aliphatic heterocycles. The van der Waals surface area contributed by atoms with E-state index in [1.165, 1.54) is 18.2 Å². The summed E-state index contributed by atoms with van der Waals surface area (Å²) in [6, 6.07) is 10.1. The molecular weight excluding hydrogens is 410 g/mol. The monoisotopic (exact) mass is 439 g/mol. The van der Waals surface area contributed by atoms with Gasteiger partial charge in [-0.05, 0) is 52.2 Å². The molecule has 1 saturated heterocycles. The lowest BCUT2D eigenvalue weighted by Crippen LogP contribution is -2.31. The number of benzene rings is 1. The van der Waals surface area contributed by atoms with Crippen LogP contribution in [0.15, 0.2) is 35.5 Å². The summed E-state index contributed by atoms with van der Waals surface area (Å²) in [6.45, 7) is 7.70. The third-order valence-electron chi connectivity index (χ3n) is 5.68. The van der Waals surface area contributed by atoms with Crippen LogP contribution in [0.5, 0.6) is 0 Å². The second-order valence-corrected chi connectivity index (χ2v) is 9.23. The standard InChI is InChI=1S/C22H29N7OS/c1-15-19(16(2)27(4)26-15)23-20(30)17(3)31-22-25-24-21(28-13-9-6-10-14-28)29(22)18-11-7-5-8-12-18/h5,7-8,11-12,17H,6,9-10,13-14H2,1-4H3,(H,23,30). The van der Waals surface area contributed by atoms with Crippen molar-refractivity contribution in [2.75, 3.05) is 23.3 Å². The molecule has 4 rings (SSSR count). The van der Waals surface area contributed by atoms with Gasteiger partial charge < -0.3 is 10.2 Å². The van der Waals surface area contributed by atoms with Crippen molar-refractivity contribution < 1.29 is 4.79 Å². The van der Waals surface area contributed by atoms with E-state index in [1.807, 2.05) is 58.2 Å². The summed E-state index contributed by atoms with van der Waals surface area (Å²) in [6.07, 6.45) is 3.57. The van der Waals surface area contributed by atoms with Gasteiger partial charge in [-0.1, -0.05) is 30.0 Å². The molecule has 0 saturated carbocycles. The van der Waals surface area contributed by atoms with Crippen molar-refractivity contribution in [2.24, 2.45) is 7.05 Å². The smallest absolute Gasteiger partial charge is 0.237 e. The quantitative estimate of drug-likeness (QED) is 0.590. The summed E-state index contributed by atoms with van der Waals surface area (Å²) in [4.78, 5) is 15.2. The van der Waals surface area contributed by atoms with Gasteiger partial charge in [-0.3, -0.25) is 14.0 Å². The highest BCUT2D eigenvalue weighted by Crippen LogP contribution is 2.31. The van der Waals surface area contributed by atoms with Crippen LogP contribution in [0.2, 0.25) is 0 Å². The highest BCUT2D eigenvalue weighted by Gasteiger charge is 2.25. The van der Waals surface area contributed by atoms with Crippen LogP contribution in [0.25, 0.3) is 5.69 Å². The Morgan fingerprint density at radius 1 is 1.10 bits per heavy atom. The van der Waals surface area contributed by atoms with Crippen molar-refractivity contribution in [3.63, 3.8) is 0 Å². The largest absolute Gasteiger partial charge is 0.341 e. The molecule has 1 fully saturated rings. The predicted molar refractivity (Wildman–Crippen MR) is 124 cm³/mol. The number of para-hydroxylation sites is 1. The Labute approximate surface area is 187 Å². The number of amides is 1. The van der Waals surface area contributed by atoms with Crippen LogP contribution in [0, 0.1) is 13.8 Å². The minimum Gasteiger partial charge on any atom is -0.341 e. The van der Waals surface area contributed by atoms with E-state index in [1.54, 1.807) is 4.68 Å². The second kappa shape index (κ2) is 9.13. The first-order valence-electron chi connectivity index (χ1n) is 10.7. The van der Waals surface area contributed by atoms with Crippen molar-refractivity contribution in [1.82, 2.24) is 24.5 Å². The van der Waals surface area contributed by atoms with Crippen molar-refractivity contribution >= 4 is 29.3 Å². The number of thioether (sulfide) groups is 1. The summed E-state index contributed by atoms with van der Waals surface area (Å²) in [7, 11) is 1.88. The number of hydrogen-bond acceptors (Lipinski definition) is 6. The zero-order valence-electron chi connectivity index (χ0n) is 18.5. The maximum absolute atomic E-state index is 12.9. The van der Waals surface area contributed by atoms with Gasteiger partial charge in [0.15, 0.2) is 5.16 Å². The molecule has 2 aromatic heterocycles. The molecule has 0 spiro atoms. The second-order valence-electron chi connectivity index (χ2n) is 7.92. The summed E-state index contributed by atoms with van der Waals surface area (Å²) in [5.41, 5.74) is 3.52. The van der Waals surface area contributed by atoms with E-state index in [0.717, 1.165) is 54.6 Å². The highest BCUT2D eigenvalue weighted by atomic mass is 32.2. The molecule has 0 bridgehead atoms. The normalized spacial score (nSPS) is 15.2. The molecule has 0 aliphatic carbocycles. The summed E-state index contributed by atoms with van der Waals surface area (Å²) >= 11 is 1.42. The fraction of sp³-hybridized carbons (Fsp3) is 0.455. The van der Waals surface area contributed by atoms with E-state index in [-0.39, 0.29) is 11.2 Å². The van der Waals surface area contributed by atoms with Crippen molar-refractivity contribution in [3.8, 4) is 5.69 Å². The minimum absolute atomic E-state index is 0.0775. The van der Waals surface area contributed by atoms with Crippen LogP contribution in [0.1, 0.15) is 37.6 Å². The SMILES string of the molecule is Cc1nn(C)c(C)c1NC(=O)C(C)Sc1nnc(N2CCCCC2)n1-c1ccccc1. The van der Waals surface area contributed by atoms with E-state index < -0.39 is 0 Å². The maximum Gasteiger partial charge on any atom is 0.237 e. The number of piperidine rings is 1. The molecule has 31 heavy (non-hydrogen) atoms. The number of aromatic nitrogens is 5. The number of nitrogens with zero attached hydrogens (tertiary/aromatic N) is 6. The average molecular weight is 440 g/mol. The van der Waals surface area contributed by atoms with Crippen LogP contribution in [-0.2, 0) is 11.8 Å². The molecule has 164 valence electrons. The van der Waals surface area contributed by atoms with Gasteiger partial charge in [-0.25, -0.2) is 0 Å². The lowest BCUT2D eigenvalue weighted by Gasteiger charge is -2.28. The Kier molecular flexibility index (Phi) is 6.31. The zero-order valence-corrected chi connectivity index (χ0v) is 19.3. The molecule has 0 radical (unpaired) electrons. The Hall–Kier alpha value is -2.81. The van der Waals surface area contributed by atoms with Crippen molar-refractivity contribution in [3.05, 3.63) is 41.7 Å².